The number of carbonyl (C=O) groups excluding carboxylic acids is 1. The Bertz CT molecular complexity index is 711. The summed E-state index contributed by atoms with van der Waals surface area (Å²) in [6.07, 6.45) is 6.21. The van der Waals surface area contributed by atoms with Crippen molar-refractivity contribution < 1.29 is 24.1 Å². The van der Waals surface area contributed by atoms with Gasteiger partial charge in [-0.1, -0.05) is 20.4 Å². The maximum atomic E-state index is 13.0. The fraction of sp³-hybridized carbons (Fsp3) is 0.750. The number of fused-ring (bicyclic) bond motifs is 2. The van der Waals surface area contributed by atoms with E-state index in [0.29, 0.717) is 19.3 Å². The fourth-order valence-corrected chi connectivity index (χ4v) is 7.22. The summed E-state index contributed by atoms with van der Waals surface area (Å²) in [6.45, 7) is 8.41. The molecule has 25 heavy (non-hydrogen) atoms. The Balaban J connectivity index is 1.75. The second-order valence-corrected chi connectivity index (χ2v) is 9.36. The molecule has 0 radical (unpaired) electrons. The van der Waals surface area contributed by atoms with Crippen LogP contribution < -0.4 is 0 Å². The number of esters is 1. The largest absolute Gasteiger partial charge is 0.472 e. The highest BCUT2D eigenvalue weighted by Crippen LogP contribution is 2.77. The number of hydrogen-bond donors (Lipinski definition) is 1. The second kappa shape index (κ2) is 4.32. The predicted molar refractivity (Wildman–Crippen MR) is 89.1 cm³/mol. The number of carbonyl (C=O) groups is 1. The molecule has 0 unspecified atom stereocenters. The highest BCUT2D eigenvalue weighted by molar-refractivity contribution is 5.76. The molecule has 5 aliphatic rings. The molecule has 1 saturated heterocycles. The van der Waals surface area contributed by atoms with Crippen LogP contribution in [0.4, 0.5) is 0 Å². The number of methoxy groups -OCH3 is 1. The van der Waals surface area contributed by atoms with E-state index in [2.05, 4.69) is 20.4 Å². The first kappa shape index (κ1) is 15.9. The van der Waals surface area contributed by atoms with Crippen LogP contribution in [0.2, 0.25) is 0 Å². The van der Waals surface area contributed by atoms with Gasteiger partial charge in [-0.25, -0.2) is 0 Å². The molecular formula is C20H26O5. The van der Waals surface area contributed by atoms with Gasteiger partial charge in [0.1, 0.15) is 5.60 Å². The van der Waals surface area contributed by atoms with Gasteiger partial charge < -0.3 is 19.3 Å². The number of aliphatic hydroxyl groups is 1. The summed E-state index contributed by atoms with van der Waals surface area (Å²) < 4.78 is 17.5. The number of rotatable bonds is 1. The van der Waals surface area contributed by atoms with Crippen LogP contribution in [0.25, 0.3) is 0 Å². The molecule has 4 bridgehead atoms. The first-order chi connectivity index (χ1) is 11.7. The van der Waals surface area contributed by atoms with Gasteiger partial charge in [-0.3, -0.25) is 4.79 Å². The zero-order chi connectivity index (χ0) is 17.8. The van der Waals surface area contributed by atoms with Crippen molar-refractivity contribution >= 4 is 5.97 Å². The van der Waals surface area contributed by atoms with Gasteiger partial charge in [0.05, 0.1) is 24.9 Å². The van der Waals surface area contributed by atoms with E-state index in [1.54, 1.807) is 6.26 Å². The summed E-state index contributed by atoms with van der Waals surface area (Å²) in [5, 5.41) is 11.1. The van der Waals surface area contributed by atoms with Crippen molar-refractivity contribution in [1.82, 2.24) is 0 Å². The minimum atomic E-state index is -0.851. The molecule has 2 aliphatic heterocycles. The van der Waals surface area contributed by atoms with Crippen molar-refractivity contribution in [1.29, 1.82) is 0 Å². The Morgan fingerprint density at radius 3 is 2.92 bits per heavy atom. The van der Waals surface area contributed by atoms with E-state index in [4.69, 9.17) is 14.2 Å². The monoisotopic (exact) mass is 346 g/mol. The summed E-state index contributed by atoms with van der Waals surface area (Å²) in [4.78, 5) is 13.0. The van der Waals surface area contributed by atoms with Crippen LogP contribution in [0.1, 0.15) is 39.5 Å². The summed E-state index contributed by atoms with van der Waals surface area (Å²) in [7, 11) is 1.46. The van der Waals surface area contributed by atoms with Crippen molar-refractivity contribution in [3.8, 4) is 0 Å². The van der Waals surface area contributed by atoms with Gasteiger partial charge in [0.25, 0.3) is 0 Å². The Labute approximate surface area is 148 Å². The van der Waals surface area contributed by atoms with Gasteiger partial charge in [-0.2, -0.15) is 0 Å². The third kappa shape index (κ3) is 1.53. The van der Waals surface area contributed by atoms with Crippen LogP contribution in [-0.4, -0.2) is 35.7 Å². The summed E-state index contributed by atoms with van der Waals surface area (Å²) in [6, 6.07) is 0. The number of hydrogen-bond acceptors (Lipinski definition) is 5. The zero-order valence-corrected chi connectivity index (χ0v) is 15.1. The van der Waals surface area contributed by atoms with E-state index in [1.807, 2.05) is 6.08 Å². The van der Waals surface area contributed by atoms with Crippen LogP contribution in [0.15, 0.2) is 24.5 Å². The highest BCUT2D eigenvalue weighted by Gasteiger charge is 2.81. The molecular weight excluding hydrogens is 320 g/mol. The van der Waals surface area contributed by atoms with Crippen molar-refractivity contribution in [2.45, 2.75) is 57.0 Å². The molecule has 1 N–H and O–H groups in total. The molecule has 5 rings (SSSR count). The van der Waals surface area contributed by atoms with Crippen molar-refractivity contribution in [3.05, 3.63) is 24.5 Å². The Hall–Kier alpha value is -1.33. The SMILES string of the molecule is C=C1C[C@]23C[C@@]1(O)CC[C@H]2[C@@]12C=CO[C@@H](O1)C(C)(C)[C@H]2[C@@H]3C(=O)OC. The Morgan fingerprint density at radius 2 is 2.20 bits per heavy atom. The number of ether oxygens (including phenoxy) is 3. The lowest BCUT2D eigenvalue weighted by molar-refractivity contribution is -0.197. The quantitative estimate of drug-likeness (QED) is 0.584. The van der Waals surface area contributed by atoms with Gasteiger partial charge in [0.2, 0.25) is 6.29 Å². The maximum Gasteiger partial charge on any atom is 0.309 e. The zero-order valence-electron chi connectivity index (χ0n) is 15.1. The molecule has 5 heteroatoms. The molecule has 3 aliphatic carbocycles. The predicted octanol–water partition coefficient (Wildman–Crippen LogP) is 2.55. The van der Waals surface area contributed by atoms with E-state index in [-0.39, 0.29) is 40.8 Å². The van der Waals surface area contributed by atoms with Crippen LogP contribution in [0, 0.1) is 28.6 Å². The van der Waals surface area contributed by atoms with Crippen molar-refractivity contribution in [2.75, 3.05) is 7.11 Å². The minimum absolute atomic E-state index is 0.0329. The standard InChI is InChI=1S/C20H26O5/c1-11-9-18-10-19(11,22)6-5-12(18)20-7-8-24-16(25-20)17(2,3)14(20)13(18)15(21)23-4/h7-8,12-14,16,22H,1,5-6,9-10H2,2-4H3/t12-,13-,14-,16+,18+,19+,20-/m1/s1. The third-order valence-corrected chi connectivity index (χ3v) is 8.05. The van der Waals surface area contributed by atoms with E-state index < -0.39 is 11.2 Å². The van der Waals surface area contributed by atoms with E-state index in [1.165, 1.54) is 7.11 Å². The average molecular weight is 346 g/mol. The summed E-state index contributed by atoms with van der Waals surface area (Å²) >= 11 is 0. The van der Waals surface area contributed by atoms with Crippen LogP contribution in [-0.2, 0) is 19.0 Å². The summed E-state index contributed by atoms with van der Waals surface area (Å²) in [5.41, 5.74) is -1.17. The molecule has 0 amide bonds. The van der Waals surface area contributed by atoms with Crippen LogP contribution >= 0.6 is 0 Å². The average Bonchev–Trinajstić information content (AvgIpc) is 2.97. The first-order valence-electron chi connectivity index (χ1n) is 9.21. The van der Waals surface area contributed by atoms with E-state index in [0.717, 1.165) is 12.0 Å². The third-order valence-electron chi connectivity index (χ3n) is 8.05. The topological polar surface area (TPSA) is 65.0 Å². The second-order valence-electron chi connectivity index (χ2n) is 9.36. The molecule has 3 saturated carbocycles. The lowest BCUT2D eigenvalue weighted by Gasteiger charge is -2.46. The van der Waals surface area contributed by atoms with Gasteiger partial charge in [0.15, 0.2) is 0 Å². The molecule has 136 valence electrons. The van der Waals surface area contributed by atoms with Crippen molar-refractivity contribution in [3.63, 3.8) is 0 Å². The van der Waals surface area contributed by atoms with E-state index in [9.17, 15) is 9.90 Å². The molecule has 4 fully saturated rings. The van der Waals surface area contributed by atoms with Gasteiger partial charge in [-0.15, -0.1) is 0 Å². The van der Waals surface area contributed by atoms with E-state index >= 15 is 0 Å². The molecule has 0 aromatic heterocycles. The molecule has 2 spiro atoms. The van der Waals surface area contributed by atoms with Gasteiger partial charge in [0, 0.05) is 11.3 Å². The Kier molecular flexibility index (Phi) is 2.74. The van der Waals surface area contributed by atoms with Gasteiger partial charge in [-0.05, 0) is 48.7 Å². The molecule has 0 aromatic carbocycles. The lowest BCUT2D eigenvalue weighted by Crippen LogP contribution is -2.48. The maximum absolute atomic E-state index is 13.0. The van der Waals surface area contributed by atoms with Gasteiger partial charge >= 0.3 is 5.97 Å². The normalized spacial score (nSPS) is 54.0. The smallest absolute Gasteiger partial charge is 0.309 e. The molecule has 2 heterocycles. The summed E-state index contributed by atoms with van der Waals surface area (Å²) in [5.74, 6) is -0.379. The highest BCUT2D eigenvalue weighted by atomic mass is 16.7. The lowest BCUT2D eigenvalue weighted by atomic mass is 9.62. The van der Waals surface area contributed by atoms with Crippen LogP contribution in [0.5, 0.6) is 0 Å². The molecule has 0 aromatic rings. The van der Waals surface area contributed by atoms with Crippen molar-refractivity contribution in [2.24, 2.45) is 28.6 Å². The minimum Gasteiger partial charge on any atom is -0.472 e. The first-order valence-corrected chi connectivity index (χ1v) is 9.21. The Morgan fingerprint density at radius 1 is 1.44 bits per heavy atom. The fourth-order valence-electron chi connectivity index (χ4n) is 7.22. The molecule has 7 atom stereocenters. The molecule has 5 nitrogen and oxygen atoms in total. The van der Waals surface area contributed by atoms with Crippen LogP contribution in [0.3, 0.4) is 0 Å².